The molecule has 0 spiro atoms. The molecular weight excluding hydrogens is 194 g/mol. The molecule has 0 fully saturated rings. The lowest BCUT2D eigenvalue weighted by molar-refractivity contribution is 0.0858. The first-order valence-corrected chi connectivity index (χ1v) is 4.46. The standard InChI is InChI=1S/C10H15N3O2/c1-13(2)12-10(14)8-5-4-7(15-3)6-9(8)11/h4-6H,11H2,1-3H3,(H,12,14). The van der Waals surface area contributed by atoms with Gasteiger partial charge in [0.1, 0.15) is 5.75 Å². The molecule has 5 nitrogen and oxygen atoms in total. The van der Waals surface area contributed by atoms with Crippen LogP contribution in [0.15, 0.2) is 18.2 Å². The van der Waals surface area contributed by atoms with E-state index in [0.717, 1.165) is 0 Å². The van der Waals surface area contributed by atoms with E-state index < -0.39 is 0 Å². The first-order valence-electron chi connectivity index (χ1n) is 4.46. The third-order valence-electron chi connectivity index (χ3n) is 1.83. The van der Waals surface area contributed by atoms with Crippen LogP contribution >= 0.6 is 0 Å². The van der Waals surface area contributed by atoms with Gasteiger partial charge in [0.25, 0.3) is 5.91 Å². The van der Waals surface area contributed by atoms with Crippen LogP contribution in [0.25, 0.3) is 0 Å². The SMILES string of the molecule is COc1ccc(C(=O)NN(C)C)c(N)c1. The molecule has 0 bridgehead atoms. The number of anilines is 1. The van der Waals surface area contributed by atoms with Gasteiger partial charge in [0, 0.05) is 25.8 Å². The number of hydrogen-bond acceptors (Lipinski definition) is 4. The first-order chi connectivity index (χ1) is 7.04. The van der Waals surface area contributed by atoms with E-state index in [2.05, 4.69) is 5.43 Å². The van der Waals surface area contributed by atoms with Gasteiger partial charge < -0.3 is 10.5 Å². The minimum atomic E-state index is -0.236. The number of nitrogens with zero attached hydrogens (tertiary/aromatic N) is 1. The summed E-state index contributed by atoms with van der Waals surface area (Å²) in [6.07, 6.45) is 0. The van der Waals surface area contributed by atoms with Crippen LogP contribution in [0.5, 0.6) is 5.75 Å². The Morgan fingerprint density at radius 1 is 1.47 bits per heavy atom. The van der Waals surface area contributed by atoms with E-state index >= 15 is 0 Å². The Morgan fingerprint density at radius 2 is 2.13 bits per heavy atom. The third-order valence-corrected chi connectivity index (χ3v) is 1.83. The zero-order valence-corrected chi connectivity index (χ0v) is 9.07. The van der Waals surface area contributed by atoms with Crippen LogP contribution in [0.4, 0.5) is 5.69 Å². The van der Waals surface area contributed by atoms with Crippen LogP contribution in [0.1, 0.15) is 10.4 Å². The number of nitrogens with one attached hydrogen (secondary N) is 1. The quantitative estimate of drug-likeness (QED) is 0.561. The Kier molecular flexibility index (Phi) is 3.51. The Morgan fingerprint density at radius 3 is 2.60 bits per heavy atom. The maximum atomic E-state index is 11.6. The molecule has 1 aromatic rings. The molecule has 1 aromatic carbocycles. The maximum absolute atomic E-state index is 11.6. The van der Waals surface area contributed by atoms with E-state index in [0.29, 0.717) is 17.0 Å². The van der Waals surface area contributed by atoms with Crippen LogP contribution in [-0.4, -0.2) is 32.1 Å². The summed E-state index contributed by atoms with van der Waals surface area (Å²) in [6.45, 7) is 0. The van der Waals surface area contributed by atoms with Crippen LogP contribution in [0.2, 0.25) is 0 Å². The van der Waals surface area contributed by atoms with Crippen molar-refractivity contribution in [2.45, 2.75) is 0 Å². The van der Waals surface area contributed by atoms with Gasteiger partial charge in [-0.05, 0) is 12.1 Å². The Hall–Kier alpha value is -1.75. The van der Waals surface area contributed by atoms with Crippen molar-refractivity contribution < 1.29 is 9.53 Å². The summed E-state index contributed by atoms with van der Waals surface area (Å²) in [5.74, 6) is 0.397. The van der Waals surface area contributed by atoms with Crippen molar-refractivity contribution in [3.8, 4) is 5.75 Å². The Balaban J connectivity index is 2.90. The second-order valence-corrected chi connectivity index (χ2v) is 3.29. The third kappa shape index (κ3) is 2.85. The van der Waals surface area contributed by atoms with Crippen molar-refractivity contribution in [3.63, 3.8) is 0 Å². The van der Waals surface area contributed by atoms with Gasteiger partial charge in [0.05, 0.1) is 12.7 Å². The Bertz CT molecular complexity index is 364. The van der Waals surface area contributed by atoms with Crippen molar-refractivity contribution in [1.29, 1.82) is 0 Å². The van der Waals surface area contributed by atoms with E-state index in [1.807, 2.05) is 0 Å². The molecule has 0 radical (unpaired) electrons. The highest BCUT2D eigenvalue weighted by Crippen LogP contribution is 2.19. The van der Waals surface area contributed by atoms with Crippen LogP contribution < -0.4 is 15.9 Å². The number of ether oxygens (including phenoxy) is 1. The fourth-order valence-electron chi connectivity index (χ4n) is 1.14. The van der Waals surface area contributed by atoms with Gasteiger partial charge in [0.15, 0.2) is 0 Å². The lowest BCUT2D eigenvalue weighted by Crippen LogP contribution is -2.36. The minimum Gasteiger partial charge on any atom is -0.497 e. The smallest absolute Gasteiger partial charge is 0.267 e. The molecule has 0 aliphatic carbocycles. The molecule has 15 heavy (non-hydrogen) atoms. The molecule has 3 N–H and O–H groups in total. The van der Waals surface area contributed by atoms with Gasteiger partial charge in [-0.2, -0.15) is 0 Å². The molecule has 0 aliphatic rings. The number of nitrogens with two attached hydrogens (primary N) is 1. The van der Waals surface area contributed by atoms with E-state index in [-0.39, 0.29) is 5.91 Å². The second kappa shape index (κ2) is 4.65. The van der Waals surface area contributed by atoms with Gasteiger partial charge in [-0.25, -0.2) is 5.01 Å². The molecule has 5 heteroatoms. The first kappa shape index (κ1) is 11.3. The summed E-state index contributed by atoms with van der Waals surface area (Å²) in [6, 6.07) is 4.94. The molecule has 0 saturated heterocycles. The van der Waals surface area contributed by atoms with Crippen LogP contribution in [-0.2, 0) is 0 Å². The normalized spacial score (nSPS) is 10.1. The average molecular weight is 209 g/mol. The van der Waals surface area contributed by atoms with Gasteiger partial charge in [-0.3, -0.25) is 10.2 Å². The summed E-state index contributed by atoms with van der Waals surface area (Å²) >= 11 is 0. The Labute approximate surface area is 88.8 Å². The topological polar surface area (TPSA) is 67.6 Å². The fourth-order valence-corrected chi connectivity index (χ4v) is 1.14. The number of hydrogen-bond donors (Lipinski definition) is 2. The number of hydrazine groups is 1. The van der Waals surface area contributed by atoms with E-state index in [9.17, 15) is 4.79 Å². The molecule has 0 aliphatic heterocycles. The summed E-state index contributed by atoms with van der Waals surface area (Å²) in [5, 5.41) is 1.56. The number of amides is 1. The molecule has 0 aromatic heterocycles. The van der Waals surface area contributed by atoms with Gasteiger partial charge >= 0.3 is 0 Å². The zero-order valence-electron chi connectivity index (χ0n) is 9.07. The average Bonchev–Trinajstić information content (AvgIpc) is 2.16. The van der Waals surface area contributed by atoms with Gasteiger partial charge in [0.2, 0.25) is 0 Å². The fraction of sp³-hybridized carbons (Fsp3) is 0.300. The molecule has 1 rings (SSSR count). The molecular formula is C10H15N3O2. The number of carbonyl (C=O) groups excluding carboxylic acids is 1. The monoisotopic (exact) mass is 209 g/mol. The van der Waals surface area contributed by atoms with Crippen LogP contribution in [0.3, 0.4) is 0 Å². The molecule has 0 saturated carbocycles. The lowest BCUT2D eigenvalue weighted by Gasteiger charge is -2.13. The van der Waals surface area contributed by atoms with Crippen molar-refractivity contribution in [3.05, 3.63) is 23.8 Å². The predicted octanol–water partition coefficient (Wildman–Crippen LogP) is 0.484. The van der Waals surface area contributed by atoms with Gasteiger partial charge in [-0.1, -0.05) is 0 Å². The highest BCUT2D eigenvalue weighted by molar-refractivity contribution is 5.99. The molecule has 0 atom stereocenters. The van der Waals surface area contributed by atoms with E-state index in [1.54, 1.807) is 44.4 Å². The lowest BCUT2D eigenvalue weighted by atomic mass is 10.1. The maximum Gasteiger partial charge on any atom is 0.267 e. The van der Waals surface area contributed by atoms with Crippen molar-refractivity contribution >= 4 is 11.6 Å². The molecule has 82 valence electrons. The highest BCUT2D eigenvalue weighted by atomic mass is 16.5. The van der Waals surface area contributed by atoms with Crippen molar-refractivity contribution in [2.24, 2.45) is 0 Å². The minimum absolute atomic E-state index is 0.236. The number of rotatable bonds is 3. The highest BCUT2D eigenvalue weighted by Gasteiger charge is 2.10. The number of benzene rings is 1. The molecule has 0 heterocycles. The van der Waals surface area contributed by atoms with Crippen molar-refractivity contribution in [1.82, 2.24) is 10.4 Å². The van der Waals surface area contributed by atoms with E-state index in [1.165, 1.54) is 0 Å². The number of carbonyl (C=O) groups is 1. The number of nitrogen functional groups attached to an aromatic ring is 1. The second-order valence-electron chi connectivity index (χ2n) is 3.29. The summed E-state index contributed by atoms with van der Waals surface area (Å²) in [7, 11) is 5.02. The predicted molar refractivity (Wildman–Crippen MR) is 58.6 cm³/mol. The summed E-state index contributed by atoms with van der Waals surface area (Å²) in [5.41, 5.74) is 9.16. The van der Waals surface area contributed by atoms with E-state index in [4.69, 9.17) is 10.5 Å². The van der Waals surface area contributed by atoms with Crippen molar-refractivity contribution in [2.75, 3.05) is 26.9 Å². The molecule has 1 amide bonds. The largest absolute Gasteiger partial charge is 0.497 e. The van der Waals surface area contributed by atoms with Crippen LogP contribution in [0, 0.1) is 0 Å². The zero-order chi connectivity index (χ0) is 11.4. The number of methoxy groups -OCH3 is 1. The summed E-state index contributed by atoms with van der Waals surface area (Å²) in [4.78, 5) is 11.6. The summed E-state index contributed by atoms with van der Waals surface area (Å²) < 4.78 is 4.99. The van der Waals surface area contributed by atoms with Gasteiger partial charge in [-0.15, -0.1) is 0 Å². The molecule has 0 unspecified atom stereocenters.